The molecule has 0 amide bonds. The van der Waals surface area contributed by atoms with Gasteiger partial charge in [0.15, 0.2) is 0 Å². The number of benzene rings is 1. The van der Waals surface area contributed by atoms with E-state index in [0.717, 1.165) is 28.2 Å². The summed E-state index contributed by atoms with van der Waals surface area (Å²) in [5.74, 6) is -1.70. The fourth-order valence-corrected chi connectivity index (χ4v) is 4.76. The first-order chi connectivity index (χ1) is 12.1. The molecule has 0 N–H and O–H groups in total. The zero-order valence-corrected chi connectivity index (χ0v) is 14.1. The summed E-state index contributed by atoms with van der Waals surface area (Å²) in [5, 5.41) is 0. The Labute approximate surface area is 145 Å². The van der Waals surface area contributed by atoms with Crippen molar-refractivity contribution in [2.24, 2.45) is 18.9 Å². The Hall–Kier alpha value is -2.82. The van der Waals surface area contributed by atoms with E-state index in [9.17, 15) is 9.59 Å². The number of hydrogen-bond acceptors (Lipinski definition) is 4. The lowest BCUT2D eigenvalue weighted by Crippen LogP contribution is -2.32. The van der Waals surface area contributed by atoms with Gasteiger partial charge in [-0.25, -0.2) is 0 Å². The third-order valence-corrected chi connectivity index (χ3v) is 5.84. The fourth-order valence-electron chi connectivity index (χ4n) is 4.76. The van der Waals surface area contributed by atoms with Gasteiger partial charge in [0.05, 0.1) is 11.8 Å². The van der Waals surface area contributed by atoms with Crippen molar-refractivity contribution in [3.8, 4) is 0 Å². The van der Waals surface area contributed by atoms with Gasteiger partial charge >= 0.3 is 11.9 Å². The quantitative estimate of drug-likeness (QED) is 0.594. The highest BCUT2D eigenvalue weighted by molar-refractivity contribution is 6.01. The molecule has 0 spiro atoms. The smallest absolute Gasteiger partial charge is 0.318 e. The van der Waals surface area contributed by atoms with E-state index < -0.39 is 11.8 Å². The maximum atomic E-state index is 12.4. The second-order valence-electron chi connectivity index (χ2n) is 7.04. The Morgan fingerprint density at radius 1 is 1.04 bits per heavy atom. The summed E-state index contributed by atoms with van der Waals surface area (Å²) in [7, 11) is 4.05. The van der Waals surface area contributed by atoms with Crippen molar-refractivity contribution in [1.82, 2.24) is 4.57 Å². The lowest BCUT2D eigenvalue weighted by Gasteiger charge is -2.32. The zero-order valence-electron chi connectivity index (χ0n) is 14.1. The Morgan fingerprint density at radius 3 is 2.60 bits per heavy atom. The van der Waals surface area contributed by atoms with Crippen molar-refractivity contribution < 1.29 is 14.3 Å². The number of carbonyl (C=O) groups excluding carboxylic acids is 2. The highest BCUT2D eigenvalue weighted by atomic mass is 16.6. The number of aromatic nitrogens is 1. The molecule has 0 unspecified atom stereocenters. The average molecular weight is 334 g/mol. The summed E-state index contributed by atoms with van der Waals surface area (Å²) >= 11 is 0. The Morgan fingerprint density at radius 2 is 1.84 bits per heavy atom. The third-order valence-electron chi connectivity index (χ3n) is 5.84. The maximum Gasteiger partial charge on any atom is 0.318 e. The molecule has 5 heteroatoms. The molecular weight excluding hydrogens is 316 g/mol. The minimum Gasteiger partial charge on any atom is -0.393 e. The second kappa shape index (κ2) is 4.85. The van der Waals surface area contributed by atoms with Crippen LogP contribution in [0, 0.1) is 11.8 Å². The highest BCUT2D eigenvalue weighted by Crippen LogP contribution is 2.57. The largest absolute Gasteiger partial charge is 0.393 e. The molecule has 1 aromatic carbocycles. The van der Waals surface area contributed by atoms with Gasteiger partial charge in [-0.2, -0.15) is 0 Å². The van der Waals surface area contributed by atoms with Crippen LogP contribution in [-0.4, -0.2) is 23.6 Å². The van der Waals surface area contributed by atoms with Crippen LogP contribution in [0.5, 0.6) is 0 Å². The first-order valence-corrected chi connectivity index (χ1v) is 8.51. The summed E-state index contributed by atoms with van der Waals surface area (Å²) in [6.07, 6.45) is 2.54. The number of rotatable bonds is 1. The summed E-state index contributed by atoms with van der Waals surface area (Å²) < 4.78 is 7.10. The van der Waals surface area contributed by atoms with Gasteiger partial charge in [0.1, 0.15) is 0 Å². The SMILES string of the molecule is CN1C2=C(c3cccn3C)C[C@H]3C(=O)OC(=O)[C@H]3[C@H]2c2ccccc21. The van der Waals surface area contributed by atoms with E-state index in [2.05, 4.69) is 27.7 Å². The van der Waals surface area contributed by atoms with Crippen LogP contribution < -0.4 is 4.90 Å². The number of likely N-dealkylation sites (N-methyl/N-ethyl adjacent to an activating group) is 1. The number of aryl methyl sites for hydroxylation is 1. The normalized spacial score (nSPS) is 27.3. The van der Waals surface area contributed by atoms with E-state index in [1.54, 1.807) is 0 Å². The maximum absolute atomic E-state index is 12.4. The Kier molecular flexibility index (Phi) is 2.82. The number of nitrogens with zero attached hydrogens (tertiary/aromatic N) is 2. The fraction of sp³-hybridized carbons (Fsp3) is 0.300. The van der Waals surface area contributed by atoms with Gasteiger partial charge < -0.3 is 14.2 Å². The van der Waals surface area contributed by atoms with E-state index >= 15 is 0 Å². The van der Waals surface area contributed by atoms with Crippen molar-refractivity contribution in [1.29, 1.82) is 0 Å². The van der Waals surface area contributed by atoms with E-state index in [-0.39, 0.29) is 17.9 Å². The number of hydrogen-bond donors (Lipinski definition) is 0. The molecule has 1 aromatic heterocycles. The van der Waals surface area contributed by atoms with Gasteiger partial charge in [0.25, 0.3) is 0 Å². The Balaban J connectivity index is 1.80. The van der Waals surface area contributed by atoms with Crippen LogP contribution in [0.25, 0.3) is 5.57 Å². The molecule has 0 saturated carbocycles. The van der Waals surface area contributed by atoms with Gasteiger partial charge in [-0.05, 0) is 35.8 Å². The summed E-state index contributed by atoms with van der Waals surface area (Å²) in [6, 6.07) is 12.2. The molecule has 5 nitrogen and oxygen atoms in total. The first kappa shape index (κ1) is 14.5. The van der Waals surface area contributed by atoms with Crippen molar-refractivity contribution in [2.75, 3.05) is 11.9 Å². The standard InChI is InChI=1S/C20H18N2O3/c1-21-9-5-8-14(21)12-10-13-17(20(24)25-19(13)23)16-11-6-3-4-7-15(11)22(2)18(12)16/h3-9,13,16-17H,10H2,1-2H3/t13-,16-,17-/m1/s1. The number of ether oxygens (including phenoxy) is 1. The van der Waals surface area contributed by atoms with Crippen molar-refractivity contribution in [2.45, 2.75) is 12.3 Å². The van der Waals surface area contributed by atoms with Crippen molar-refractivity contribution >= 4 is 23.2 Å². The molecule has 3 atom stereocenters. The van der Waals surface area contributed by atoms with Crippen LogP contribution >= 0.6 is 0 Å². The van der Waals surface area contributed by atoms with E-state index in [4.69, 9.17) is 4.74 Å². The molecule has 25 heavy (non-hydrogen) atoms. The monoisotopic (exact) mass is 334 g/mol. The minimum absolute atomic E-state index is 0.121. The van der Waals surface area contributed by atoms with Crippen LogP contribution in [0.15, 0.2) is 48.3 Å². The van der Waals surface area contributed by atoms with Crippen LogP contribution in [0.1, 0.15) is 23.6 Å². The molecule has 3 aliphatic rings. The lowest BCUT2D eigenvalue weighted by molar-refractivity contribution is -0.153. The van der Waals surface area contributed by atoms with Gasteiger partial charge in [-0.3, -0.25) is 9.59 Å². The predicted molar refractivity (Wildman–Crippen MR) is 92.6 cm³/mol. The van der Waals surface area contributed by atoms with Crippen LogP contribution in [0.3, 0.4) is 0 Å². The number of fused-ring (bicyclic) bond motifs is 5. The second-order valence-corrected chi connectivity index (χ2v) is 7.04. The van der Waals surface area contributed by atoms with Crippen molar-refractivity contribution in [3.05, 3.63) is 59.5 Å². The predicted octanol–water partition coefficient (Wildman–Crippen LogP) is 2.69. The molecular formula is C20H18N2O3. The average Bonchev–Trinajstić information content (AvgIpc) is 3.24. The molecule has 126 valence electrons. The molecule has 2 aliphatic heterocycles. The molecule has 3 heterocycles. The Bertz CT molecular complexity index is 955. The van der Waals surface area contributed by atoms with Gasteiger partial charge in [-0.15, -0.1) is 0 Å². The number of anilines is 1. The molecule has 1 aliphatic carbocycles. The molecule has 0 radical (unpaired) electrons. The number of cyclic esters (lactones) is 2. The molecule has 0 bridgehead atoms. The van der Waals surface area contributed by atoms with Gasteiger partial charge in [0.2, 0.25) is 0 Å². The number of allylic oxidation sites excluding steroid dienone is 2. The summed E-state index contributed by atoms with van der Waals surface area (Å²) in [6.45, 7) is 0. The molecule has 5 rings (SSSR count). The molecule has 1 saturated heterocycles. The molecule has 1 fully saturated rings. The molecule has 2 aromatic rings. The van der Waals surface area contributed by atoms with Gasteiger partial charge in [-0.1, -0.05) is 18.2 Å². The number of esters is 2. The summed E-state index contributed by atoms with van der Waals surface area (Å²) in [5.41, 5.74) is 5.54. The topological polar surface area (TPSA) is 51.5 Å². The summed E-state index contributed by atoms with van der Waals surface area (Å²) in [4.78, 5) is 26.9. The van der Waals surface area contributed by atoms with Crippen LogP contribution in [0.2, 0.25) is 0 Å². The first-order valence-electron chi connectivity index (χ1n) is 8.51. The lowest BCUT2D eigenvalue weighted by atomic mass is 9.70. The third kappa shape index (κ3) is 1.78. The number of para-hydroxylation sites is 1. The zero-order chi connectivity index (χ0) is 17.3. The van der Waals surface area contributed by atoms with Crippen LogP contribution in [-0.2, 0) is 21.4 Å². The van der Waals surface area contributed by atoms with Crippen LogP contribution in [0.4, 0.5) is 5.69 Å². The minimum atomic E-state index is -0.419. The highest BCUT2D eigenvalue weighted by Gasteiger charge is 2.56. The van der Waals surface area contributed by atoms with Gasteiger partial charge in [0, 0.05) is 43.3 Å². The number of carbonyl (C=O) groups is 2. The van der Waals surface area contributed by atoms with E-state index in [1.807, 2.05) is 38.5 Å². The van der Waals surface area contributed by atoms with Crippen molar-refractivity contribution in [3.63, 3.8) is 0 Å². The van der Waals surface area contributed by atoms with E-state index in [1.165, 1.54) is 0 Å². The van der Waals surface area contributed by atoms with E-state index in [0.29, 0.717) is 6.42 Å².